The van der Waals surface area contributed by atoms with E-state index < -0.39 is 0 Å². The zero-order chi connectivity index (χ0) is 13.8. The summed E-state index contributed by atoms with van der Waals surface area (Å²) in [4.78, 5) is 22.4. The molecule has 1 amide bonds. The van der Waals surface area contributed by atoms with E-state index in [1.54, 1.807) is 15.6 Å². The highest BCUT2D eigenvalue weighted by Gasteiger charge is 2.19. The van der Waals surface area contributed by atoms with Crippen LogP contribution in [0.4, 0.5) is 0 Å². The number of amides is 1. The standard InChI is InChI=1S/C13H19N5O/c1-4-6-9-17(5-2)12(19)11-15-13-14-8-7-10(3)18(13)16-11/h7-8H,4-6,9H2,1-3H3. The van der Waals surface area contributed by atoms with Gasteiger partial charge in [-0.15, -0.1) is 5.10 Å². The molecule has 0 bridgehead atoms. The van der Waals surface area contributed by atoms with Crippen LogP contribution in [0.2, 0.25) is 0 Å². The summed E-state index contributed by atoms with van der Waals surface area (Å²) in [5.41, 5.74) is 0.910. The minimum absolute atomic E-state index is 0.124. The highest BCUT2D eigenvalue weighted by Crippen LogP contribution is 2.06. The fourth-order valence-corrected chi connectivity index (χ4v) is 1.89. The lowest BCUT2D eigenvalue weighted by Crippen LogP contribution is -2.32. The Labute approximate surface area is 112 Å². The molecular weight excluding hydrogens is 242 g/mol. The van der Waals surface area contributed by atoms with Crippen molar-refractivity contribution in [2.75, 3.05) is 13.1 Å². The van der Waals surface area contributed by atoms with Gasteiger partial charge in [-0.25, -0.2) is 9.50 Å². The summed E-state index contributed by atoms with van der Waals surface area (Å²) in [7, 11) is 0. The third-order valence-corrected chi connectivity index (χ3v) is 3.07. The van der Waals surface area contributed by atoms with Gasteiger partial charge in [0, 0.05) is 25.0 Å². The van der Waals surface area contributed by atoms with E-state index >= 15 is 0 Å². The van der Waals surface area contributed by atoms with Gasteiger partial charge in [-0.1, -0.05) is 13.3 Å². The van der Waals surface area contributed by atoms with E-state index in [1.807, 2.05) is 19.9 Å². The van der Waals surface area contributed by atoms with Crippen molar-refractivity contribution >= 4 is 11.7 Å². The van der Waals surface area contributed by atoms with Crippen LogP contribution < -0.4 is 0 Å². The fraction of sp³-hybridized carbons (Fsp3) is 0.538. The number of aromatic nitrogens is 4. The Bertz CT molecular complexity index is 577. The van der Waals surface area contributed by atoms with Gasteiger partial charge in [-0.2, -0.15) is 4.98 Å². The quantitative estimate of drug-likeness (QED) is 0.821. The maximum Gasteiger partial charge on any atom is 0.293 e. The van der Waals surface area contributed by atoms with Gasteiger partial charge >= 0.3 is 0 Å². The third kappa shape index (κ3) is 2.72. The minimum atomic E-state index is -0.124. The van der Waals surface area contributed by atoms with Crippen molar-refractivity contribution in [3.05, 3.63) is 23.8 Å². The molecule has 2 aromatic rings. The van der Waals surface area contributed by atoms with Crippen molar-refractivity contribution in [2.24, 2.45) is 0 Å². The SMILES string of the molecule is CCCCN(CC)C(=O)c1nc2nccc(C)n2n1. The van der Waals surface area contributed by atoms with Gasteiger partial charge in [0.1, 0.15) is 0 Å². The second kappa shape index (κ2) is 5.77. The van der Waals surface area contributed by atoms with Crippen molar-refractivity contribution < 1.29 is 4.79 Å². The van der Waals surface area contributed by atoms with Gasteiger partial charge in [0.05, 0.1) is 0 Å². The molecule has 19 heavy (non-hydrogen) atoms. The number of hydrogen-bond donors (Lipinski definition) is 0. The van der Waals surface area contributed by atoms with Crippen molar-refractivity contribution in [3.8, 4) is 0 Å². The maximum absolute atomic E-state index is 12.3. The summed E-state index contributed by atoms with van der Waals surface area (Å²) in [6, 6.07) is 1.84. The molecule has 0 aliphatic rings. The lowest BCUT2D eigenvalue weighted by molar-refractivity contribution is 0.0750. The highest BCUT2D eigenvalue weighted by atomic mass is 16.2. The van der Waals surface area contributed by atoms with Crippen LogP contribution >= 0.6 is 0 Å². The number of rotatable bonds is 5. The normalized spacial score (nSPS) is 10.9. The number of fused-ring (bicyclic) bond motifs is 1. The molecule has 2 rings (SSSR count). The molecule has 0 N–H and O–H groups in total. The number of carbonyl (C=O) groups excluding carboxylic acids is 1. The smallest absolute Gasteiger partial charge is 0.293 e. The van der Waals surface area contributed by atoms with Gasteiger partial charge in [-0.3, -0.25) is 4.79 Å². The van der Waals surface area contributed by atoms with Crippen molar-refractivity contribution in [3.63, 3.8) is 0 Å². The number of carbonyl (C=O) groups is 1. The van der Waals surface area contributed by atoms with E-state index in [2.05, 4.69) is 22.0 Å². The van der Waals surface area contributed by atoms with E-state index in [0.29, 0.717) is 12.3 Å². The topological polar surface area (TPSA) is 63.4 Å². The molecule has 0 unspecified atom stereocenters. The first-order chi connectivity index (χ1) is 9.17. The summed E-state index contributed by atoms with van der Waals surface area (Å²) in [6.45, 7) is 7.39. The predicted molar refractivity (Wildman–Crippen MR) is 72.0 cm³/mol. The average Bonchev–Trinajstić information content (AvgIpc) is 2.85. The maximum atomic E-state index is 12.3. The van der Waals surface area contributed by atoms with Gasteiger partial charge in [0.25, 0.3) is 11.7 Å². The molecule has 2 heterocycles. The Kier molecular flexibility index (Phi) is 4.09. The first kappa shape index (κ1) is 13.5. The van der Waals surface area contributed by atoms with E-state index in [-0.39, 0.29) is 11.7 Å². The lowest BCUT2D eigenvalue weighted by atomic mass is 10.3. The Morgan fingerprint density at radius 2 is 2.21 bits per heavy atom. The first-order valence-corrected chi connectivity index (χ1v) is 6.65. The average molecular weight is 261 g/mol. The predicted octanol–water partition coefficient (Wildman–Crippen LogP) is 1.69. The molecule has 0 fully saturated rings. The molecule has 102 valence electrons. The molecule has 0 atom stereocenters. The molecule has 2 aromatic heterocycles. The molecule has 0 aliphatic carbocycles. The summed E-state index contributed by atoms with van der Waals surface area (Å²) < 4.78 is 1.60. The van der Waals surface area contributed by atoms with Crippen LogP contribution in [0.1, 0.15) is 43.0 Å². The Morgan fingerprint density at radius 3 is 2.84 bits per heavy atom. The molecule has 6 nitrogen and oxygen atoms in total. The third-order valence-electron chi connectivity index (χ3n) is 3.07. The molecule has 0 aromatic carbocycles. The molecule has 0 radical (unpaired) electrons. The van der Waals surface area contributed by atoms with Gasteiger partial charge < -0.3 is 4.90 Å². The van der Waals surface area contributed by atoms with Crippen LogP contribution in [-0.4, -0.2) is 43.5 Å². The summed E-state index contributed by atoms with van der Waals surface area (Å²) in [6.07, 6.45) is 3.72. The number of nitrogens with zero attached hydrogens (tertiary/aromatic N) is 5. The second-order valence-electron chi connectivity index (χ2n) is 4.47. The Balaban J connectivity index is 2.27. The van der Waals surface area contributed by atoms with E-state index in [1.165, 1.54) is 0 Å². The number of unbranched alkanes of at least 4 members (excludes halogenated alkanes) is 1. The summed E-state index contributed by atoms with van der Waals surface area (Å²) in [5.74, 6) is 0.565. The Hall–Kier alpha value is -1.98. The van der Waals surface area contributed by atoms with Crippen LogP contribution in [0.15, 0.2) is 12.3 Å². The van der Waals surface area contributed by atoms with Crippen molar-refractivity contribution in [1.29, 1.82) is 0 Å². The first-order valence-electron chi connectivity index (χ1n) is 6.65. The molecule has 0 saturated heterocycles. The molecule has 0 aliphatic heterocycles. The van der Waals surface area contributed by atoms with Crippen LogP contribution in [0.3, 0.4) is 0 Å². The van der Waals surface area contributed by atoms with Crippen LogP contribution in [0.5, 0.6) is 0 Å². The van der Waals surface area contributed by atoms with Gasteiger partial charge in [0.2, 0.25) is 5.82 Å². The zero-order valence-corrected chi connectivity index (χ0v) is 11.6. The van der Waals surface area contributed by atoms with Crippen LogP contribution in [-0.2, 0) is 0 Å². The second-order valence-corrected chi connectivity index (χ2v) is 4.47. The van der Waals surface area contributed by atoms with E-state index in [9.17, 15) is 4.79 Å². The molecule has 0 saturated carbocycles. The molecule has 6 heteroatoms. The zero-order valence-electron chi connectivity index (χ0n) is 11.6. The summed E-state index contributed by atoms with van der Waals surface area (Å²) >= 11 is 0. The summed E-state index contributed by atoms with van der Waals surface area (Å²) in [5, 5.41) is 4.24. The lowest BCUT2D eigenvalue weighted by Gasteiger charge is -2.18. The van der Waals surface area contributed by atoms with Crippen LogP contribution in [0, 0.1) is 6.92 Å². The highest BCUT2D eigenvalue weighted by molar-refractivity contribution is 5.90. The van der Waals surface area contributed by atoms with Crippen molar-refractivity contribution in [1.82, 2.24) is 24.5 Å². The van der Waals surface area contributed by atoms with Gasteiger partial charge in [-0.05, 0) is 26.3 Å². The van der Waals surface area contributed by atoms with E-state index in [0.717, 1.165) is 25.1 Å². The molecule has 0 spiro atoms. The molecular formula is C13H19N5O. The largest absolute Gasteiger partial charge is 0.336 e. The van der Waals surface area contributed by atoms with Crippen LogP contribution in [0.25, 0.3) is 5.78 Å². The fourth-order valence-electron chi connectivity index (χ4n) is 1.89. The van der Waals surface area contributed by atoms with Crippen molar-refractivity contribution in [2.45, 2.75) is 33.6 Å². The monoisotopic (exact) mass is 261 g/mol. The van der Waals surface area contributed by atoms with Gasteiger partial charge in [0.15, 0.2) is 0 Å². The Morgan fingerprint density at radius 1 is 1.42 bits per heavy atom. The van der Waals surface area contributed by atoms with E-state index in [4.69, 9.17) is 0 Å². The minimum Gasteiger partial charge on any atom is -0.336 e. The number of hydrogen-bond acceptors (Lipinski definition) is 4. The number of aryl methyl sites for hydroxylation is 1.